The Morgan fingerprint density at radius 2 is 2.06 bits per heavy atom. The fraction of sp³-hybridized carbons (Fsp3) is 0.250. The lowest BCUT2D eigenvalue weighted by atomic mass is 10.2. The van der Waals surface area contributed by atoms with Crippen LogP contribution in [0.5, 0.6) is 0 Å². The fourth-order valence-electron chi connectivity index (χ4n) is 1.08. The molecule has 0 saturated heterocycles. The van der Waals surface area contributed by atoms with Crippen molar-refractivity contribution in [3.8, 4) is 0 Å². The number of hydrogen-bond acceptors (Lipinski definition) is 3. The highest BCUT2D eigenvalue weighted by atomic mass is 16.3. The number of aliphatic hydroxyl groups is 2. The van der Waals surface area contributed by atoms with Crippen molar-refractivity contribution >= 4 is 12.0 Å². The van der Waals surface area contributed by atoms with Gasteiger partial charge in [0.05, 0.1) is 12.7 Å². The molecule has 1 rings (SSSR count). The topological polar surface area (TPSA) is 69.6 Å². The zero-order chi connectivity index (χ0) is 11.8. The summed E-state index contributed by atoms with van der Waals surface area (Å²) in [5, 5.41) is 20.0. The van der Waals surface area contributed by atoms with Gasteiger partial charge in [0, 0.05) is 12.6 Å². The molecule has 0 saturated carbocycles. The molecule has 0 aliphatic rings. The number of carbonyl (C=O) groups is 1. The highest BCUT2D eigenvalue weighted by Gasteiger charge is 2.02. The number of carbonyl (C=O) groups excluding carboxylic acids is 1. The van der Waals surface area contributed by atoms with Crippen LogP contribution in [-0.4, -0.2) is 35.4 Å². The van der Waals surface area contributed by atoms with Crippen molar-refractivity contribution in [3.63, 3.8) is 0 Å². The standard InChI is InChI=1S/C12H15NO3/c14-9-11(15)8-13-12(16)7-6-10-4-2-1-3-5-10/h1-7,11,14-15H,8-9H2,(H,13,16)/b7-6-/t11-/m0/s1. The Kier molecular flexibility index (Phi) is 5.25. The first-order valence-corrected chi connectivity index (χ1v) is 5.02. The molecule has 4 heteroatoms. The van der Waals surface area contributed by atoms with Gasteiger partial charge in [-0.2, -0.15) is 0 Å². The van der Waals surface area contributed by atoms with E-state index >= 15 is 0 Å². The van der Waals surface area contributed by atoms with Gasteiger partial charge in [-0.25, -0.2) is 0 Å². The lowest BCUT2D eigenvalue weighted by Crippen LogP contribution is -2.32. The van der Waals surface area contributed by atoms with Crippen molar-refractivity contribution in [2.75, 3.05) is 13.2 Å². The number of nitrogens with one attached hydrogen (secondary N) is 1. The minimum Gasteiger partial charge on any atom is -0.394 e. The quantitative estimate of drug-likeness (QED) is 0.621. The first-order valence-electron chi connectivity index (χ1n) is 5.02. The van der Waals surface area contributed by atoms with Gasteiger partial charge in [0.15, 0.2) is 0 Å². The first kappa shape index (κ1) is 12.4. The van der Waals surface area contributed by atoms with Crippen molar-refractivity contribution in [2.24, 2.45) is 0 Å². The van der Waals surface area contributed by atoms with Crippen LogP contribution in [0.15, 0.2) is 36.4 Å². The Bertz CT molecular complexity index is 349. The normalized spacial score (nSPS) is 12.6. The van der Waals surface area contributed by atoms with E-state index in [9.17, 15) is 4.79 Å². The van der Waals surface area contributed by atoms with Gasteiger partial charge in [0.1, 0.15) is 0 Å². The molecule has 1 atom stereocenters. The molecule has 0 radical (unpaired) electrons. The maximum absolute atomic E-state index is 11.2. The summed E-state index contributed by atoms with van der Waals surface area (Å²) in [4.78, 5) is 11.2. The highest BCUT2D eigenvalue weighted by Crippen LogP contribution is 2.00. The van der Waals surface area contributed by atoms with Crippen LogP contribution in [-0.2, 0) is 4.79 Å². The van der Waals surface area contributed by atoms with Crippen molar-refractivity contribution in [1.29, 1.82) is 0 Å². The van der Waals surface area contributed by atoms with E-state index in [1.165, 1.54) is 6.08 Å². The Morgan fingerprint density at radius 1 is 1.38 bits per heavy atom. The van der Waals surface area contributed by atoms with Gasteiger partial charge in [-0.15, -0.1) is 0 Å². The van der Waals surface area contributed by atoms with Gasteiger partial charge < -0.3 is 15.5 Å². The van der Waals surface area contributed by atoms with E-state index < -0.39 is 6.10 Å². The third-order valence-electron chi connectivity index (χ3n) is 1.95. The second-order valence-corrected chi connectivity index (χ2v) is 3.33. The predicted molar refractivity (Wildman–Crippen MR) is 61.6 cm³/mol. The zero-order valence-corrected chi connectivity index (χ0v) is 8.84. The molecule has 86 valence electrons. The number of hydrogen-bond donors (Lipinski definition) is 3. The van der Waals surface area contributed by atoms with Crippen molar-refractivity contribution in [3.05, 3.63) is 42.0 Å². The van der Waals surface area contributed by atoms with E-state index in [2.05, 4.69) is 5.32 Å². The lowest BCUT2D eigenvalue weighted by molar-refractivity contribution is -0.117. The molecule has 1 aromatic carbocycles. The molecule has 0 unspecified atom stereocenters. The van der Waals surface area contributed by atoms with Crippen LogP contribution in [0.2, 0.25) is 0 Å². The Balaban J connectivity index is 2.37. The fourth-order valence-corrected chi connectivity index (χ4v) is 1.08. The van der Waals surface area contributed by atoms with E-state index in [1.54, 1.807) is 6.08 Å². The molecule has 4 nitrogen and oxygen atoms in total. The summed E-state index contributed by atoms with van der Waals surface area (Å²) in [5.74, 6) is -0.295. The number of benzene rings is 1. The largest absolute Gasteiger partial charge is 0.394 e. The minimum atomic E-state index is -0.908. The van der Waals surface area contributed by atoms with Gasteiger partial charge in [-0.05, 0) is 11.6 Å². The smallest absolute Gasteiger partial charge is 0.244 e. The summed E-state index contributed by atoms with van der Waals surface area (Å²) in [7, 11) is 0. The van der Waals surface area contributed by atoms with E-state index in [1.807, 2.05) is 30.3 Å². The molecule has 0 heterocycles. The van der Waals surface area contributed by atoms with E-state index in [0.717, 1.165) is 5.56 Å². The van der Waals surface area contributed by atoms with Crippen LogP contribution in [0.1, 0.15) is 5.56 Å². The van der Waals surface area contributed by atoms with E-state index in [-0.39, 0.29) is 19.1 Å². The molecule has 0 aliphatic carbocycles. The molecule has 1 amide bonds. The van der Waals surface area contributed by atoms with Crippen LogP contribution in [0.3, 0.4) is 0 Å². The number of amides is 1. The summed E-state index contributed by atoms with van der Waals surface area (Å²) in [5.41, 5.74) is 0.931. The van der Waals surface area contributed by atoms with Crippen LogP contribution < -0.4 is 5.32 Å². The Hall–Kier alpha value is -1.65. The first-order chi connectivity index (χ1) is 7.72. The number of aliphatic hydroxyl groups excluding tert-OH is 2. The van der Waals surface area contributed by atoms with Gasteiger partial charge in [-0.1, -0.05) is 30.3 Å². The van der Waals surface area contributed by atoms with Gasteiger partial charge in [-0.3, -0.25) is 4.79 Å². The maximum Gasteiger partial charge on any atom is 0.244 e. The SMILES string of the molecule is O=C(/C=C\c1ccccc1)NC[C@H](O)CO. The molecule has 0 aromatic heterocycles. The average molecular weight is 221 g/mol. The highest BCUT2D eigenvalue weighted by molar-refractivity contribution is 5.91. The summed E-state index contributed by atoms with van der Waals surface area (Å²) in [6.07, 6.45) is 2.16. The molecule has 3 N–H and O–H groups in total. The molecule has 16 heavy (non-hydrogen) atoms. The minimum absolute atomic E-state index is 0.0501. The zero-order valence-electron chi connectivity index (χ0n) is 8.84. The van der Waals surface area contributed by atoms with Crippen molar-refractivity contribution in [1.82, 2.24) is 5.32 Å². The second-order valence-electron chi connectivity index (χ2n) is 3.33. The van der Waals surface area contributed by atoms with Crippen molar-refractivity contribution in [2.45, 2.75) is 6.10 Å². The van der Waals surface area contributed by atoms with Gasteiger partial charge >= 0.3 is 0 Å². The third kappa shape index (κ3) is 4.72. The van der Waals surface area contributed by atoms with Crippen LogP contribution >= 0.6 is 0 Å². The van der Waals surface area contributed by atoms with E-state index in [0.29, 0.717) is 0 Å². The van der Waals surface area contributed by atoms with Crippen molar-refractivity contribution < 1.29 is 15.0 Å². The van der Waals surface area contributed by atoms with Crippen LogP contribution in [0.25, 0.3) is 6.08 Å². The molecular weight excluding hydrogens is 206 g/mol. The van der Waals surface area contributed by atoms with Crippen LogP contribution in [0.4, 0.5) is 0 Å². The summed E-state index contributed by atoms with van der Waals surface area (Å²) < 4.78 is 0. The summed E-state index contributed by atoms with van der Waals surface area (Å²) >= 11 is 0. The number of rotatable bonds is 5. The lowest BCUT2D eigenvalue weighted by Gasteiger charge is -2.06. The van der Waals surface area contributed by atoms with E-state index in [4.69, 9.17) is 10.2 Å². The Labute approximate surface area is 94.2 Å². The molecule has 1 aromatic rings. The summed E-state index contributed by atoms with van der Waals surface area (Å²) in [6, 6.07) is 9.42. The molecule has 0 fully saturated rings. The van der Waals surface area contributed by atoms with Crippen LogP contribution in [0, 0.1) is 0 Å². The third-order valence-corrected chi connectivity index (χ3v) is 1.95. The average Bonchev–Trinajstić information content (AvgIpc) is 2.34. The molecule has 0 aliphatic heterocycles. The monoisotopic (exact) mass is 221 g/mol. The molecule has 0 bridgehead atoms. The molecule has 0 spiro atoms. The second kappa shape index (κ2) is 6.76. The summed E-state index contributed by atoms with van der Waals surface area (Å²) in [6.45, 7) is -0.308. The maximum atomic E-state index is 11.2. The molecular formula is C12H15NO3. The van der Waals surface area contributed by atoms with Gasteiger partial charge in [0.2, 0.25) is 5.91 Å². The Morgan fingerprint density at radius 3 is 2.69 bits per heavy atom. The predicted octanol–water partition coefficient (Wildman–Crippen LogP) is 0.169. The van der Waals surface area contributed by atoms with Gasteiger partial charge in [0.25, 0.3) is 0 Å².